The maximum atomic E-state index is 6.92. The molecule has 276 valence electrons. The van der Waals surface area contributed by atoms with Gasteiger partial charge in [0.2, 0.25) is 0 Å². The van der Waals surface area contributed by atoms with Gasteiger partial charge < -0.3 is 18.1 Å². The molecule has 54 heavy (non-hydrogen) atoms. The lowest BCUT2D eigenvalue weighted by atomic mass is 9.76. The van der Waals surface area contributed by atoms with Crippen LogP contribution in [-0.2, 0) is 16.2 Å². The Morgan fingerprint density at radius 2 is 0.852 bits per heavy atom. The molecule has 0 radical (unpaired) electrons. The molecule has 6 heteroatoms. The van der Waals surface area contributed by atoms with Gasteiger partial charge in [0.25, 0.3) is 18.1 Å². The molecular weight excluding hydrogens is 702 g/mol. The Balaban J connectivity index is 1.38. The smallest absolute Gasteiger partial charge is 0.275 e. The van der Waals surface area contributed by atoms with Crippen molar-refractivity contribution in [2.24, 2.45) is 0 Å². The molecule has 0 amide bonds. The fourth-order valence-corrected chi connectivity index (χ4v) is 7.99. The molecule has 2 unspecified atom stereocenters. The summed E-state index contributed by atoms with van der Waals surface area (Å²) in [6, 6.07) is 44.5. The van der Waals surface area contributed by atoms with E-state index in [1.165, 1.54) is 16.3 Å². The summed E-state index contributed by atoms with van der Waals surface area (Å²) in [5.74, 6) is 3.14. The average molecular weight is 753 g/mol. The zero-order chi connectivity index (χ0) is 38.3. The van der Waals surface area contributed by atoms with Crippen molar-refractivity contribution in [1.82, 2.24) is 0 Å². The first-order chi connectivity index (χ1) is 25.7. The number of hydrogen-bond acceptors (Lipinski definition) is 4. The molecule has 7 aromatic rings. The molecule has 0 heterocycles. The van der Waals surface area contributed by atoms with Crippen molar-refractivity contribution in [3.63, 3.8) is 0 Å². The highest BCUT2D eigenvalue weighted by atomic mass is 31.1. The standard InChI is InChI=1S/C48H50O4P2/c1-46(2,3)36-29-40(44(42(30-36)48(7,8)9)51-53-49-37-24-22-31-16-10-12-18-33(31)26-37)43-39-21-15-14-20-35(39)28-41(47(4,5)6)45(43)52-54-50-38-25-23-32-17-11-13-19-34(32)27-38/h10-30,53-54H,1-9H3. The van der Waals surface area contributed by atoms with Gasteiger partial charge in [0.05, 0.1) is 0 Å². The molecule has 0 aliphatic carbocycles. The topological polar surface area (TPSA) is 36.9 Å². The van der Waals surface area contributed by atoms with E-state index in [2.05, 4.69) is 165 Å². The van der Waals surface area contributed by atoms with Crippen LogP contribution < -0.4 is 18.1 Å². The first kappa shape index (κ1) is 37.7. The Bertz CT molecular complexity index is 2470. The zero-order valence-corrected chi connectivity index (χ0v) is 34.8. The summed E-state index contributed by atoms with van der Waals surface area (Å²) >= 11 is 0. The van der Waals surface area contributed by atoms with Gasteiger partial charge in [0.1, 0.15) is 23.0 Å². The molecule has 7 aromatic carbocycles. The van der Waals surface area contributed by atoms with Gasteiger partial charge in [0.15, 0.2) is 0 Å². The van der Waals surface area contributed by atoms with Crippen LogP contribution in [0.3, 0.4) is 0 Å². The van der Waals surface area contributed by atoms with Crippen molar-refractivity contribution in [2.75, 3.05) is 0 Å². The lowest BCUT2D eigenvalue weighted by Gasteiger charge is -2.31. The Labute approximate surface area is 324 Å². The first-order valence-corrected chi connectivity index (χ1v) is 20.2. The van der Waals surface area contributed by atoms with Crippen molar-refractivity contribution in [1.29, 1.82) is 0 Å². The Morgan fingerprint density at radius 1 is 0.389 bits per heavy atom. The van der Waals surface area contributed by atoms with E-state index in [1.807, 2.05) is 24.3 Å². The van der Waals surface area contributed by atoms with Crippen LogP contribution in [0.25, 0.3) is 43.4 Å². The fourth-order valence-electron chi connectivity index (χ4n) is 6.86. The Hall–Kier alpha value is -4.62. The van der Waals surface area contributed by atoms with E-state index in [1.54, 1.807) is 0 Å². The summed E-state index contributed by atoms with van der Waals surface area (Å²) in [6.45, 7) is 20.3. The molecule has 0 bridgehead atoms. The quantitative estimate of drug-likeness (QED) is 0.138. The second-order valence-electron chi connectivity index (χ2n) is 17.1. The number of fused-ring (bicyclic) bond motifs is 3. The number of hydrogen-bond donors (Lipinski definition) is 0. The van der Waals surface area contributed by atoms with Crippen LogP contribution in [-0.4, -0.2) is 0 Å². The van der Waals surface area contributed by atoms with Gasteiger partial charge in [-0.15, -0.1) is 0 Å². The summed E-state index contributed by atoms with van der Waals surface area (Å²) < 4.78 is 26.6. The summed E-state index contributed by atoms with van der Waals surface area (Å²) in [7, 11) is -0.546. The predicted octanol–water partition coefficient (Wildman–Crippen LogP) is 14.6. The summed E-state index contributed by atoms with van der Waals surface area (Å²) in [5.41, 5.74) is 4.81. The molecule has 0 aromatic heterocycles. The van der Waals surface area contributed by atoms with Gasteiger partial charge >= 0.3 is 0 Å². The highest BCUT2D eigenvalue weighted by molar-refractivity contribution is 7.27. The van der Waals surface area contributed by atoms with Crippen LogP contribution in [0.5, 0.6) is 23.0 Å². The van der Waals surface area contributed by atoms with Crippen molar-refractivity contribution < 1.29 is 18.1 Å². The summed E-state index contributed by atoms with van der Waals surface area (Å²) in [5, 5.41) is 6.83. The molecule has 0 fully saturated rings. The third-order valence-electron chi connectivity index (χ3n) is 9.89. The van der Waals surface area contributed by atoms with Crippen molar-refractivity contribution >= 4 is 50.4 Å². The minimum atomic E-state index is -0.274. The van der Waals surface area contributed by atoms with Gasteiger partial charge in [-0.1, -0.05) is 153 Å². The molecule has 0 aliphatic heterocycles. The van der Waals surface area contributed by atoms with Gasteiger partial charge in [-0.3, -0.25) is 0 Å². The normalized spacial score (nSPS) is 12.8. The molecule has 0 spiro atoms. The van der Waals surface area contributed by atoms with Crippen LogP contribution in [0, 0.1) is 0 Å². The third-order valence-corrected chi connectivity index (χ3v) is 11.1. The van der Waals surface area contributed by atoms with Crippen LogP contribution >= 0.6 is 18.1 Å². The van der Waals surface area contributed by atoms with Gasteiger partial charge in [0, 0.05) is 22.3 Å². The zero-order valence-electron chi connectivity index (χ0n) is 32.8. The molecule has 0 aliphatic rings. The number of rotatable bonds is 9. The second kappa shape index (κ2) is 14.9. The Morgan fingerprint density at radius 3 is 1.37 bits per heavy atom. The van der Waals surface area contributed by atoms with E-state index in [9.17, 15) is 0 Å². The van der Waals surface area contributed by atoms with Gasteiger partial charge in [-0.2, -0.15) is 0 Å². The van der Waals surface area contributed by atoms with Crippen molar-refractivity contribution in [3.8, 4) is 34.1 Å². The maximum Gasteiger partial charge on any atom is 0.275 e. The summed E-state index contributed by atoms with van der Waals surface area (Å²) in [4.78, 5) is 0. The molecule has 0 saturated carbocycles. The second-order valence-corrected chi connectivity index (χ2v) is 18.2. The van der Waals surface area contributed by atoms with Crippen molar-refractivity contribution in [2.45, 2.75) is 78.6 Å². The fraction of sp³-hybridized carbons (Fsp3) is 0.250. The van der Waals surface area contributed by atoms with Gasteiger partial charge in [-0.25, -0.2) is 0 Å². The van der Waals surface area contributed by atoms with E-state index >= 15 is 0 Å². The van der Waals surface area contributed by atoms with E-state index in [0.29, 0.717) is 0 Å². The molecule has 7 rings (SSSR count). The minimum absolute atomic E-state index is 0.128. The van der Waals surface area contributed by atoms with E-state index < -0.39 is 0 Å². The monoisotopic (exact) mass is 752 g/mol. The average Bonchev–Trinajstić information content (AvgIpc) is 3.13. The van der Waals surface area contributed by atoms with Crippen molar-refractivity contribution in [3.05, 3.63) is 144 Å². The third kappa shape index (κ3) is 8.07. The SMILES string of the molecule is CC(C)(C)c1cc(-c2c(OPOc3ccc4ccccc4c3)c(C(C)(C)C)cc3ccccc23)c(OPOc2ccc3ccccc3c2)c(C(C)(C)C)c1. The van der Waals surface area contributed by atoms with Crippen LogP contribution in [0.4, 0.5) is 0 Å². The van der Waals surface area contributed by atoms with Crippen LogP contribution in [0.1, 0.15) is 79.0 Å². The highest BCUT2D eigenvalue weighted by Gasteiger charge is 2.31. The van der Waals surface area contributed by atoms with Gasteiger partial charge in [-0.05, 0) is 90.5 Å². The van der Waals surface area contributed by atoms with E-state index in [4.69, 9.17) is 18.1 Å². The molecule has 2 atom stereocenters. The van der Waals surface area contributed by atoms with Crippen LogP contribution in [0.15, 0.2) is 127 Å². The molecular formula is C48H50O4P2. The minimum Gasteiger partial charge on any atom is -0.441 e. The summed E-state index contributed by atoms with van der Waals surface area (Å²) in [6.07, 6.45) is 0. The molecule has 0 N–H and O–H groups in total. The molecule has 4 nitrogen and oxygen atoms in total. The lowest BCUT2D eigenvalue weighted by Crippen LogP contribution is -2.18. The number of benzene rings is 7. The lowest BCUT2D eigenvalue weighted by molar-refractivity contribution is 0.487. The highest BCUT2D eigenvalue weighted by Crippen LogP contribution is 2.53. The largest absolute Gasteiger partial charge is 0.441 e. The maximum absolute atomic E-state index is 6.92. The van der Waals surface area contributed by atoms with E-state index in [-0.39, 0.29) is 34.3 Å². The predicted molar refractivity (Wildman–Crippen MR) is 233 cm³/mol. The Kier molecular flexibility index (Phi) is 10.4. The van der Waals surface area contributed by atoms with Crippen LogP contribution in [0.2, 0.25) is 0 Å². The first-order valence-electron chi connectivity index (χ1n) is 18.6. The van der Waals surface area contributed by atoms with E-state index in [0.717, 1.165) is 66.8 Å². The molecule has 0 saturated heterocycles.